The molecule has 3 aromatic rings. The predicted molar refractivity (Wildman–Crippen MR) is 87.0 cm³/mol. The van der Waals surface area contributed by atoms with Gasteiger partial charge in [0.2, 0.25) is 0 Å². The summed E-state index contributed by atoms with van der Waals surface area (Å²) >= 11 is 0. The van der Waals surface area contributed by atoms with Gasteiger partial charge in [-0.15, -0.1) is 0 Å². The average molecular weight is 293 g/mol. The molecule has 0 aliphatic carbocycles. The molecule has 1 aliphatic heterocycles. The Balaban J connectivity index is 1.38. The monoisotopic (exact) mass is 293 g/mol. The Kier molecular flexibility index (Phi) is 3.57. The first kappa shape index (κ1) is 13.4. The fourth-order valence-corrected chi connectivity index (χ4v) is 3.08. The van der Waals surface area contributed by atoms with Gasteiger partial charge in [0.05, 0.1) is 6.26 Å². The first-order valence-electron chi connectivity index (χ1n) is 7.77. The molecule has 1 aromatic heterocycles. The summed E-state index contributed by atoms with van der Waals surface area (Å²) in [6, 6.07) is 18.6. The maximum atomic E-state index is 6.12. The third-order valence-corrected chi connectivity index (χ3v) is 4.21. The van der Waals surface area contributed by atoms with Gasteiger partial charge in [-0.3, -0.25) is 4.90 Å². The molecule has 3 nitrogen and oxygen atoms in total. The molecule has 2 heterocycles. The fraction of sp³-hybridized carbons (Fsp3) is 0.263. The smallest absolute Gasteiger partial charge is 0.137 e. The zero-order valence-electron chi connectivity index (χ0n) is 12.4. The molecule has 0 spiro atoms. The molecule has 0 radical (unpaired) electrons. The van der Waals surface area contributed by atoms with Crippen LogP contribution in [0.2, 0.25) is 0 Å². The number of furan rings is 1. The molecule has 1 unspecified atom stereocenters. The second-order valence-corrected chi connectivity index (χ2v) is 5.87. The summed E-state index contributed by atoms with van der Waals surface area (Å²) in [6.45, 7) is 3.06. The maximum Gasteiger partial charge on any atom is 0.137 e. The van der Waals surface area contributed by atoms with Crippen molar-refractivity contribution < 1.29 is 9.15 Å². The van der Waals surface area contributed by atoms with Gasteiger partial charge in [0.1, 0.15) is 17.4 Å². The molecule has 1 fully saturated rings. The summed E-state index contributed by atoms with van der Waals surface area (Å²) in [4.78, 5) is 2.45. The summed E-state index contributed by atoms with van der Waals surface area (Å²) in [7, 11) is 0. The van der Waals surface area contributed by atoms with Gasteiger partial charge in [0, 0.05) is 31.1 Å². The van der Waals surface area contributed by atoms with Crippen molar-refractivity contribution in [3.63, 3.8) is 0 Å². The Hall–Kier alpha value is -2.26. The highest BCUT2D eigenvalue weighted by Gasteiger charge is 2.24. The number of hydrogen-bond acceptors (Lipinski definition) is 3. The van der Waals surface area contributed by atoms with Crippen LogP contribution in [0.3, 0.4) is 0 Å². The van der Waals surface area contributed by atoms with Crippen LogP contribution in [0.15, 0.2) is 65.3 Å². The number of hydrogen-bond donors (Lipinski definition) is 0. The molecule has 1 atom stereocenters. The number of rotatable bonds is 4. The molecule has 0 N–H and O–H groups in total. The lowest BCUT2D eigenvalue weighted by molar-refractivity contribution is 0.198. The highest BCUT2D eigenvalue weighted by Crippen LogP contribution is 2.24. The topological polar surface area (TPSA) is 25.6 Å². The third kappa shape index (κ3) is 2.85. The van der Waals surface area contributed by atoms with Crippen molar-refractivity contribution in [2.24, 2.45) is 0 Å². The normalized spacial score (nSPS) is 18.8. The van der Waals surface area contributed by atoms with E-state index in [2.05, 4.69) is 35.2 Å². The molecule has 0 saturated carbocycles. The van der Waals surface area contributed by atoms with Crippen molar-refractivity contribution in [3.05, 3.63) is 66.4 Å². The lowest BCUT2D eigenvalue weighted by Gasteiger charge is -2.17. The van der Waals surface area contributed by atoms with Crippen LogP contribution in [0.25, 0.3) is 11.0 Å². The second-order valence-electron chi connectivity index (χ2n) is 5.87. The van der Waals surface area contributed by atoms with Crippen LogP contribution in [-0.4, -0.2) is 24.1 Å². The van der Waals surface area contributed by atoms with Crippen molar-refractivity contribution >= 4 is 11.0 Å². The van der Waals surface area contributed by atoms with Crippen LogP contribution in [0.4, 0.5) is 0 Å². The van der Waals surface area contributed by atoms with E-state index < -0.39 is 0 Å². The summed E-state index contributed by atoms with van der Waals surface area (Å²) in [5, 5.41) is 1.12. The van der Waals surface area contributed by atoms with E-state index in [1.807, 2.05) is 24.3 Å². The molecular weight excluding hydrogens is 274 g/mol. The number of fused-ring (bicyclic) bond motifs is 1. The molecule has 0 bridgehead atoms. The Morgan fingerprint density at radius 1 is 1.09 bits per heavy atom. The molecule has 4 rings (SSSR count). The Bertz CT molecular complexity index is 750. The lowest BCUT2D eigenvalue weighted by Crippen LogP contribution is -2.24. The van der Waals surface area contributed by atoms with Gasteiger partial charge in [0.25, 0.3) is 0 Å². The Morgan fingerprint density at radius 2 is 2.00 bits per heavy atom. The van der Waals surface area contributed by atoms with Crippen LogP contribution in [0.5, 0.6) is 5.75 Å². The van der Waals surface area contributed by atoms with Gasteiger partial charge in [0.15, 0.2) is 0 Å². The van der Waals surface area contributed by atoms with Crippen molar-refractivity contribution in [3.8, 4) is 5.75 Å². The molecule has 22 heavy (non-hydrogen) atoms. The number of likely N-dealkylation sites (tertiary alicyclic amines) is 1. The van der Waals surface area contributed by atoms with E-state index in [4.69, 9.17) is 9.15 Å². The first-order chi connectivity index (χ1) is 10.9. The van der Waals surface area contributed by atoms with Crippen LogP contribution in [-0.2, 0) is 6.54 Å². The number of nitrogens with zero attached hydrogens (tertiary/aromatic N) is 1. The largest absolute Gasteiger partial charge is 0.489 e. The first-order valence-corrected chi connectivity index (χ1v) is 7.77. The summed E-state index contributed by atoms with van der Waals surface area (Å²) in [6.07, 6.45) is 3.05. The molecule has 3 heteroatoms. The second kappa shape index (κ2) is 5.85. The number of benzene rings is 2. The van der Waals surface area contributed by atoms with Gasteiger partial charge >= 0.3 is 0 Å². The third-order valence-electron chi connectivity index (χ3n) is 4.21. The van der Waals surface area contributed by atoms with Gasteiger partial charge in [-0.1, -0.05) is 30.3 Å². The summed E-state index contributed by atoms with van der Waals surface area (Å²) in [5.74, 6) is 0.897. The zero-order valence-corrected chi connectivity index (χ0v) is 12.4. The van der Waals surface area contributed by atoms with Crippen molar-refractivity contribution in [1.29, 1.82) is 0 Å². The zero-order chi connectivity index (χ0) is 14.8. The highest BCUT2D eigenvalue weighted by molar-refractivity contribution is 5.78. The van der Waals surface area contributed by atoms with E-state index in [1.165, 1.54) is 5.56 Å². The predicted octanol–water partition coefficient (Wildman–Crippen LogP) is 4.09. The van der Waals surface area contributed by atoms with Crippen molar-refractivity contribution in [1.82, 2.24) is 4.90 Å². The van der Waals surface area contributed by atoms with E-state index in [1.54, 1.807) is 6.26 Å². The summed E-state index contributed by atoms with van der Waals surface area (Å²) in [5.41, 5.74) is 2.25. The van der Waals surface area contributed by atoms with E-state index in [9.17, 15) is 0 Å². The lowest BCUT2D eigenvalue weighted by atomic mass is 10.2. The van der Waals surface area contributed by atoms with E-state index in [0.717, 1.165) is 42.8 Å². The van der Waals surface area contributed by atoms with Gasteiger partial charge < -0.3 is 9.15 Å². The average Bonchev–Trinajstić information content (AvgIpc) is 3.17. The minimum atomic E-state index is 0.260. The molecular formula is C19H19NO2. The SMILES string of the molecule is c1ccc(CN2CCC(Oc3ccc4ccoc4c3)C2)cc1. The number of ether oxygens (including phenoxy) is 1. The van der Waals surface area contributed by atoms with Crippen molar-refractivity contribution in [2.75, 3.05) is 13.1 Å². The van der Waals surface area contributed by atoms with Crippen molar-refractivity contribution in [2.45, 2.75) is 19.1 Å². The minimum Gasteiger partial charge on any atom is -0.489 e. The van der Waals surface area contributed by atoms with Gasteiger partial charge in [-0.05, 0) is 30.2 Å². The highest BCUT2D eigenvalue weighted by atomic mass is 16.5. The Morgan fingerprint density at radius 3 is 2.91 bits per heavy atom. The van der Waals surface area contributed by atoms with Crippen LogP contribution < -0.4 is 4.74 Å². The molecule has 112 valence electrons. The minimum absolute atomic E-state index is 0.260. The quantitative estimate of drug-likeness (QED) is 0.724. The Labute approximate surface area is 130 Å². The fourth-order valence-electron chi connectivity index (χ4n) is 3.08. The standard InChI is InChI=1S/C19H19NO2/c1-2-4-15(5-3-1)13-20-10-8-18(14-20)22-17-7-6-16-9-11-21-19(16)12-17/h1-7,9,11-12,18H,8,10,13-14H2. The molecule has 1 aliphatic rings. The van der Waals surface area contributed by atoms with E-state index in [-0.39, 0.29) is 6.10 Å². The van der Waals surface area contributed by atoms with E-state index in [0.29, 0.717) is 0 Å². The van der Waals surface area contributed by atoms with Crippen LogP contribution in [0, 0.1) is 0 Å². The molecule has 0 amide bonds. The van der Waals surface area contributed by atoms with Gasteiger partial charge in [-0.25, -0.2) is 0 Å². The molecule has 2 aromatic carbocycles. The van der Waals surface area contributed by atoms with E-state index >= 15 is 0 Å². The maximum absolute atomic E-state index is 6.12. The van der Waals surface area contributed by atoms with Gasteiger partial charge in [-0.2, -0.15) is 0 Å². The van der Waals surface area contributed by atoms with Crippen LogP contribution in [0.1, 0.15) is 12.0 Å². The van der Waals surface area contributed by atoms with Crippen LogP contribution >= 0.6 is 0 Å². The molecule has 1 saturated heterocycles. The summed E-state index contributed by atoms with van der Waals surface area (Å²) < 4.78 is 11.6.